The van der Waals surface area contributed by atoms with Crippen LogP contribution in [-0.2, 0) is 5.41 Å². The zero-order chi connectivity index (χ0) is 27.8. The van der Waals surface area contributed by atoms with Crippen molar-refractivity contribution in [3.05, 3.63) is 173 Å². The van der Waals surface area contributed by atoms with Crippen molar-refractivity contribution >= 4 is 5.69 Å². The summed E-state index contributed by atoms with van der Waals surface area (Å²) in [5.41, 5.74) is 14.7. The SMILES string of the molecule is Cc1ccc(Oc2ccc(C3(c4ccc(Oc5ccc(N)cc5)cc4)c4ccccc4-c4ccccc43)cc2)cc1. The van der Waals surface area contributed by atoms with Gasteiger partial charge in [0.1, 0.15) is 23.0 Å². The lowest BCUT2D eigenvalue weighted by molar-refractivity contribution is 0.482. The predicted octanol–water partition coefficient (Wildman–Crippen LogP) is 9.52. The Balaban J connectivity index is 1.34. The van der Waals surface area contributed by atoms with Gasteiger partial charge in [0.15, 0.2) is 0 Å². The number of hydrogen-bond donors (Lipinski definition) is 1. The number of benzene rings is 6. The van der Waals surface area contributed by atoms with Crippen molar-refractivity contribution in [3.8, 4) is 34.1 Å². The lowest BCUT2D eigenvalue weighted by Crippen LogP contribution is -2.28. The summed E-state index contributed by atoms with van der Waals surface area (Å²) >= 11 is 0. The van der Waals surface area contributed by atoms with Gasteiger partial charge in [-0.2, -0.15) is 0 Å². The fourth-order valence-electron chi connectivity index (χ4n) is 5.98. The molecule has 0 unspecified atom stereocenters. The van der Waals surface area contributed by atoms with Crippen LogP contribution in [0.25, 0.3) is 11.1 Å². The number of nitrogen functional groups attached to an aromatic ring is 1. The molecule has 3 nitrogen and oxygen atoms in total. The van der Waals surface area contributed by atoms with Gasteiger partial charge in [0.25, 0.3) is 0 Å². The topological polar surface area (TPSA) is 44.5 Å². The Morgan fingerprint density at radius 1 is 0.439 bits per heavy atom. The Kier molecular flexibility index (Phi) is 6.06. The Morgan fingerprint density at radius 2 is 0.805 bits per heavy atom. The zero-order valence-electron chi connectivity index (χ0n) is 22.8. The molecule has 198 valence electrons. The first-order chi connectivity index (χ1) is 20.1. The maximum Gasteiger partial charge on any atom is 0.127 e. The smallest absolute Gasteiger partial charge is 0.127 e. The van der Waals surface area contributed by atoms with Crippen molar-refractivity contribution in [2.45, 2.75) is 12.3 Å². The summed E-state index contributed by atoms with van der Waals surface area (Å²) in [6.45, 7) is 2.08. The highest BCUT2D eigenvalue weighted by Crippen LogP contribution is 2.56. The molecule has 0 fully saturated rings. The highest BCUT2D eigenvalue weighted by atomic mass is 16.5. The van der Waals surface area contributed by atoms with E-state index in [4.69, 9.17) is 15.2 Å². The van der Waals surface area contributed by atoms with E-state index in [1.54, 1.807) is 0 Å². The summed E-state index contributed by atoms with van der Waals surface area (Å²) < 4.78 is 12.3. The van der Waals surface area contributed by atoms with Gasteiger partial charge in [0.05, 0.1) is 5.41 Å². The average Bonchev–Trinajstić information content (AvgIpc) is 3.32. The van der Waals surface area contributed by atoms with Crippen LogP contribution in [0.4, 0.5) is 5.69 Å². The van der Waals surface area contributed by atoms with E-state index >= 15 is 0 Å². The zero-order valence-corrected chi connectivity index (χ0v) is 22.8. The predicted molar refractivity (Wildman–Crippen MR) is 166 cm³/mol. The number of aryl methyl sites for hydroxylation is 1. The third-order valence-electron chi connectivity index (χ3n) is 7.90. The van der Waals surface area contributed by atoms with Crippen molar-refractivity contribution < 1.29 is 9.47 Å². The van der Waals surface area contributed by atoms with Crippen LogP contribution in [-0.4, -0.2) is 0 Å². The minimum atomic E-state index is -0.491. The molecule has 2 N–H and O–H groups in total. The molecule has 0 atom stereocenters. The molecule has 1 aliphatic carbocycles. The molecule has 0 aliphatic heterocycles. The minimum absolute atomic E-state index is 0.491. The largest absolute Gasteiger partial charge is 0.457 e. The standard InChI is InChI=1S/C38H29NO2/c1-26-10-18-30(19-11-26)40-31-20-12-27(13-21-31)38(36-8-4-2-6-34(36)35-7-3-5-9-37(35)38)28-14-22-32(23-15-28)41-33-24-16-29(39)17-25-33/h2-25H,39H2,1H3. The number of anilines is 1. The van der Waals surface area contributed by atoms with E-state index in [-0.39, 0.29) is 0 Å². The van der Waals surface area contributed by atoms with Gasteiger partial charge >= 0.3 is 0 Å². The number of hydrogen-bond acceptors (Lipinski definition) is 3. The van der Waals surface area contributed by atoms with Crippen LogP contribution in [0.2, 0.25) is 0 Å². The lowest BCUT2D eigenvalue weighted by Gasteiger charge is -2.34. The fraction of sp³-hybridized carbons (Fsp3) is 0.0526. The van der Waals surface area contributed by atoms with Crippen molar-refractivity contribution in [3.63, 3.8) is 0 Å². The molecular weight excluding hydrogens is 502 g/mol. The summed E-state index contributed by atoms with van der Waals surface area (Å²) in [6, 6.07) is 50.0. The van der Waals surface area contributed by atoms with E-state index < -0.39 is 5.41 Å². The molecule has 0 saturated carbocycles. The number of rotatable bonds is 6. The first-order valence-electron chi connectivity index (χ1n) is 13.8. The second kappa shape index (κ2) is 10.0. The summed E-state index contributed by atoms with van der Waals surface area (Å²) in [4.78, 5) is 0. The van der Waals surface area contributed by atoms with E-state index in [0.717, 1.165) is 23.0 Å². The molecule has 41 heavy (non-hydrogen) atoms. The number of nitrogens with two attached hydrogens (primary N) is 1. The Hall–Kier alpha value is -5.28. The number of fused-ring (bicyclic) bond motifs is 3. The molecule has 7 rings (SSSR count). The van der Waals surface area contributed by atoms with Crippen LogP contribution in [0.3, 0.4) is 0 Å². The van der Waals surface area contributed by atoms with Crippen molar-refractivity contribution in [1.29, 1.82) is 0 Å². The molecule has 6 aromatic carbocycles. The van der Waals surface area contributed by atoms with E-state index in [0.29, 0.717) is 5.69 Å². The highest BCUT2D eigenvalue weighted by Gasteiger charge is 2.45. The first-order valence-corrected chi connectivity index (χ1v) is 13.8. The monoisotopic (exact) mass is 531 g/mol. The lowest BCUT2D eigenvalue weighted by atomic mass is 9.68. The molecule has 1 aliphatic rings. The van der Waals surface area contributed by atoms with Gasteiger partial charge in [0.2, 0.25) is 0 Å². The van der Waals surface area contributed by atoms with Crippen LogP contribution >= 0.6 is 0 Å². The maximum absolute atomic E-state index is 6.18. The summed E-state index contributed by atoms with van der Waals surface area (Å²) in [5, 5.41) is 0. The van der Waals surface area contributed by atoms with Gasteiger partial charge < -0.3 is 15.2 Å². The Morgan fingerprint density at radius 3 is 1.24 bits per heavy atom. The molecule has 6 aromatic rings. The molecular formula is C38H29NO2. The van der Waals surface area contributed by atoms with Crippen LogP contribution in [0.15, 0.2) is 146 Å². The molecule has 0 bridgehead atoms. The Labute approximate surface area is 240 Å². The first kappa shape index (κ1) is 24.7. The van der Waals surface area contributed by atoms with Crippen LogP contribution in [0.5, 0.6) is 23.0 Å². The minimum Gasteiger partial charge on any atom is -0.457 e. The maximum atomic E-state index is 6.18. The molecule has 0 radical (unpaired) electrons. The molecule has 0 heterocycles. The van der Waals surface area contributed by atoms with Crippen molar-refractivity contribution in [2.75, 3.05) is 5.73 Å². The van der Waals surface area contributed by atoms with E-state index in [2.05, 4.69) is 104 Å². The van der Waals surface area contributed by atoms with E-state index in [1.165, 1.54) is 38.9 Å². The van der Waals surface area contributed by atoms with Gasteiger partial charge in [-0.05, 0) is 101 Å². The summed E-state index contributed by atoms with van der Waals surface area (Å²) in [7, 11) is 0. The molecule has 0 aromatic heterocycles. The molecule has 0 spiro atoms. The van der Waals surface area contributed by atoms with Crippen LogP contribution < -0.4 is 15.2 Å². The quantitative estimate of drug-likeness (QED) is 0.217. The van der Waals surface area contributed by atoms with Crippen LogP contribution in [0, 0.1) is 6.92 Å². The van der Waals surface area contributed by atoms with Crippen molar-refractivity contribution in [2.24, 2.45) is 0 Å². The average molecular weight is 532 g/mol. The molecule has 3 heteroatoms. The highest BCUT2D eigenvalue weighted by molar-refractivity contribution is 5.86. The third kappa shape index (κ3) is 4.32. The van der Waals surface area contributed by atoms with Gasteiger partial charge in [-0.3, -0.25) is 0 Å². The summed E-state index contributed by atoms with van der Waals surface area (Å²) in [5.74, 6) is 3.16. The third-order valence-corrected chi connectivity index (χ3v) is 7.90. The van der Waals surface area contributed by atoms with E-state index in [9.17, 15) is 0 Å². The van der Waals surface area contributed by atoms with Gasteiger partial charge in [-0.25, -0.2) is 0 Å². The second-order valence-corrected chi connectivity index (χ2v) is 10.5. The van der Waals surface area contributed by atoms with Crippen LogP contribution in [0.1, 0.15) is 27.8 Å². The van der Waals surface area contributed by atoms with Crippen molar-refractivity contribution in [1.82, 2.24) is 0 Å². The molecule has 0 saturated heterocycles. The van der Waals surface area contributed by atoms with Gasteiger partial charge in [-0.15, -0.1) is 0 Å². The number of ether oxygens (including phenoxy) is 2. The normalized spacial score (nSPS) is 12.8. The second-order valence-electron chi connectivity index (χ2n) is 10.5. The van der Waals surface area contributed by atoms with Gasteiger partial charge in [-0.1, -0.05) is 90.5 Å². The van der Waals surface area contributed by atoms with E-state index in [1.807, 2.05) is 48.5 Å². The van der Waals surface area contributed by atoms with Gasteiger partial charge in [0, 0.05) is 5.69 Å². The summed E-state index contributed by atoms with van der Waals surface area (Å²) in [6.07, 6.45) is 0. The Bertz CT molecular complexity index is 1680. The fourth-order valence-corrected chi connectivity index (χ4v) is 5.98. The molecule has 0 amide bonds.